The van der Waals surface area contributed by atoms with Gasteiger partial charge in [-0.2, -0.15) is 0 Å². The van der Waals surface area contributed by atoms with Crippen LogP contribution in [-0.4, -0.2) is 16.1 Å². The third kappa shape index (κ3) is 3.42. The number of aromatic nitrogens is 1. The predicted molar refractivity (Wildman–Crippen MR) is 77.6 cm³/mol. The number of hydrogen-bond acceptors (Lipinski definition) is 3. The highest BCUT2D eigenvalue weighted by Gasteiger charge is 2.08. The third-order valence-corrected chi connectivity index (χ3v) is 3.32. The number of hydrogen-bond donors (Lipinski definition) is 2. The SMILES string of the molecule is Cc1ccccc1C(C)NCc1ccc(C(=O)O)cn1. The minimum atomic E-state index is -0.953. The first kappa shape index (κ1) is 14.2. The summed E-state index contributed by atoms with van der Waals surface area (Å²) < 4.78 is 0. The lowest BCUT2D eigenvalue weighted by molar-refractivity contribution is 0.0696. The van der Waals surface area contributed by atoms with Gasteiger partial charge in [-0.25, -0.2) is 4.79 Å². The van der Waals surface area contributed by atoms with E-state index in [0.29, 0.717) is 6.54 Å². The molecule has 0 aliphatic heterocycles. The normalized spacial score (nSPS) is 12.1. The zero-order chi connectivity index (χ0) is 14.5. The summed E-state index contributed by atoms with van der Waals surface area (Å²) >= 11 is 0. The molecule has 0 aliphatic rings. The Morgan fingerprint density at radius 2 is 2.05 bits per heavy atom. The van der Waals surface area contributed by atoms with Crippen molar-refractivity contribution in [2.75, 3.05) is 0 Å². The van der Waals surface area contributed by atoms with E-state index in [-0.39, 0.29) is 11.6 Å². The van der Waals surface area contributed by atoms with Crippen LogP contribution in [0.4, 0.5) is 0 Å². The number of carboxylic acid groups (broad SMARTS) is 1. The average molecular weight is 270 g/mol. The molecule has 20 heavy (non-hydrogen) atoms. The van der Waals surface area contributed by atoms with Gasteiger partial charge in [-0.05, 0) is 37.1 Å². The maximum Gasteiger partial charge on any atom is 0.337 e. The Kier molecular flexibility index (Phi) is 4.48. The van der Waals surface area contributed by atoms with Crippen LogP contribution in [0.2, 0.25) is 0 Å². The number of nitrogens with zero attached hydrogens (tertiary/aromatic N) is 1. The van der Waals surface area contributed by atoms with Gasteiger partial charge < -0.3 is 10.4 Å². The number of pyridine rings is 1. The molecule has 0 fully saturated rings. The van der Waals surface area contributed by atoms with Crippen LogP contribution in [0.1, 0.15) is 40.1 Å². The molecule has 2 rings (SSSR count). The molecule has 4 nitrogen and oxygen atoms in total. The Morgan fingerprint density at radius 1 is 1.30 bits per heavy atom. The molecule has 1 aromatic heterocycles. The van der Waals surface area contributed by atoms with Gasteiger partial charge in [-0.1, -0.05) is 24.3 Å². The molecular formula is C16H18N2O2. The van der Waals surface area contributed by atoms with Crippen LogP contribution >= 0.6 is 0 Å². The number of carbonyl (C=O) groups is 1. The minimum absolute atomic E-state index is 0.209. The van der Waals surface area contributed by atoms with Gasteiger partial charge in [0.2, 0.25) is 0 Å². The second kappa shape index (κ2) is 6.30. The Balaban J connectivity index is 1.98. The van der Waals surface area contributed by atoms with Gasteiger partial charge in [0.15, 0.2) is 0 Å². The van der Waals surface area contributed by atoms with Crippen LogP contribution in [0.5, 0.6) is 0 Å². The first-order valence-corrected chi connectivity index (χ1v) is 6.55. The van der Waals surface area contributed by atoms with E-state index in [2.05, 4.69) is 36.3 Å². The molecule has 104 valence electrons. The van der Waals surface area contributed by atoms with Crippen LogP contribution in [0, 0.1) is 6.92 Å². The van der Waals surface area contributed by atoms with Gasteiger partial charge in [0.05, 0.1) is 11.3 Å². The molecule has 2 N–H and O–H groups in total. The van der Waals surface area contributed by atoms with E-state index in [0.717, 1.165) is 5.69 Å². The predicted octanol–water partition coefficient (Wildman–Crippen LogP) is 2.94. The molecular weight excluding hydrogens is 252 g/mol. The average Bonchev–Trinajstić information content (AvgIpc) is 2.45. The van der Waals surface area contributed by atoms with Gasteiger partial charge >= 0.3 is 5.97 Å². The highest BCUT2D eigenvalue weighted by Crippen LogP contribution is 2.16. The topological polar surface area (TPSA) is 62.2 Å². The van der Waals surface area contributed by atoms with Crippen molar-refractivity contribution < 1.29 is 9.90 Å². The summed E-state index contributed by atoms with van der Waals surface area (Å²) in [5, 5.41) is 12.2. The van der Waals surface area contributed by atoms with E-state index < -0.39 is 5.97 Å². The first-order valence-electron chi connectivity index (χ1n) is 6.55. The summed E-state index contributed by atoms with van der Waals surface area (Å²) in [6.07, 6.45) is 1.39. The van der Waals surface area contributed by atoms with Crippen LogP contribution in [0.25, 0.3) is 0 Å². The Bertz CT molecular complexity index is 594. The maximum atomic E-state index is 10.7. The molecule has 0 saturated carbocycles. The van der Waals surface area contributed by atoms with E-state index in [1.165, 1.54) is 17.3 Å². The van der Waals surface area contributed by atoms with Crippen molar-refractivity contribution in [1.29, 1.82) is 0 Å². The number of nitrogens with one attached hydrogen (secondary N) is 1. The highest BCUT2D eigenvalue weighted by molar-refractivity contribution is 5.87. The lowest BCUT2D eigenvalue weighted by Crippen LogP contribution is -2.19. The third-order valence-electron chi connectivity index (χ3n) is 3.32. The number of benzene rings is 1. The van der Waals surface area contributed by atoms with Crippen LogP contribution in [-0.2, 0) is 6.54 Å². The molecule has 1 unspecified atom stereocenters. The van der Waals surface area contributed by atoms with Gasteiger partial charge in [0.25, 0.3) is 0 Å². The number of rotatable bonds is 5. The fourth-order valence-corrected chi connectivity index (χ4v) is 2.10. The first-order chi connectivity index (χ1) is 9.58. The van der Waals surface area contributed by atoms with Gasteiger partial charge in [-0.15, -0.1) is 0 Å². The van der Waals surface area contributed by atoms with Crippen LogP contribution in [0.3, 0.4) is 0 Å². The Hall–Kier alpha value is -2.20. The number of aryl methyl sites for hydroxylation is 1. The molecule has 0 aliphatic carbocycles. The van der Waals surface area contributed by atoms with E-state index in [1.807, 2.05) is 12.1 Å². The van der Waals surface area contributed by atoms with Crippen LogP contribution in [0.15, 0.2) is 42.6 Å². The molecule has 0 amide bonds. The van der Waals surface area contributed by atoms with E-state index in [1.54, 1.807) is 12.1 Å². The standard InChI is InChI=1S/C16H18N2O2/c1-11-5-3-4-6-15(11)12(2)17-10-14-8-7-13(9-18-14)16(19)20/h3-9,12,17H,10H2,1-2H3,(H,19,20). The second-order valence-electron chi connectivity index (χ2n) is 4.80. The lowest BCUT2D eigenvalue weighted by Gasteiger charge is -2.16. The number of carboxylic acids is 1. The van der Waals surface area contributed by atoms with Crippen molar-refractivity contribution in [3.05, 3.63) is 65.0 Å². The molecule has 2 aromatic rings. The molecule has 1 heterocycles. The zero-order valence-electron chi connectivity index (χ0n) is 11.6. The maximum absolute atomic E-state index is 10.7. The van der Waals surface area contributed by atoms with Gasteiger partial charge in [0, 0.05) is 18.8 Å². The summed E-state index contributed by atoms with van der Waals surface area (Å²) in [6.45, 7) is 4.80. The summed E-state index contributed by atoms with van der Waals surface area (Å²) in [6, 6.07) is 11.8. The second-order valence-corrected chi connectivity index (χ2v) is 4.80. The van der Waals surface area contributed by atoms with E-state index >= 15 is 0 Å². The Labute approximate surface area is 118 Å². The summed E-state index contributed by atoms with van der Waals surface area (Å²) in [4.78, 5) is 14.9. The quantitative estimate of drug-likeness (QED) is 0.877. The van der Waals surface area contributed by atoms with Crippen molar-refractivity contribution in [3.63, 3.8) is 0 Å². The molecule has 0 saturated heterocycles. The van der Waals surface area contributed by atoms with Crippen molar-refractivity contribution in [2.24, 2.45) is 0 Å². The smallest absolute Gasteiger partial charge is 0.337 e. The van der Waals surface area contributed by atoms with Crippen LogP contribution < -0.4 is 5.32 Å². The van der Waals surface area contributed by atoms with E-state index in [9.17, 15) is 4.79 Å². The van der Waals surface area contributed by atoms with Gasteiger partial charge in [0.1, 0.15) is 0 Å². The Morgan fingerprint density at radius 3 is 2.65 bits per heavy atom. The fraction of sp³-hybridized carbons (Fsp3) is 0.250. The van der Waals surface area contributed by atoms with Crippen molar-refractivity contribution in [3.8, 4) is 0 Å². The molecule has 1 aromatic carbocycles. The number of aromatic carboxylic acids is 1. The fourth-order valence-electron chi connectivity index (χ4n) is 2.10. The molecule has 4 heteroatoms. The van der Waals surface area contributed by atoms with Crippen molar-refractivity contribution in [2.45, 2.75) is 26.4 Å². The molecule has 0 radical (unpaired) electrons. The largest absolute Gasteiger partial charge is 0.478 e. The van der Waals surface area contributed by atoms with Crippen molar-refractivity contribution >= 4 is 5.97 Å². The summed E-state index contributed by atoms with van der Waals surface area (Å²) in [7, 11) is 0. The monoisotopic (exact) mass is 270 g/mol. The minimum Gasteiger partial charge on any atom is -0.478 e. The lowest BCUT2D eigenvalue weighted by atomic mass is 10.0. The van der Waals surface area contributed by atoms with E-state index in [4.69, 9.17) is 5.11 Å². The van der Waals surface area contributed by atoms with Crippen molar-refractivity contribution in [1.82, 2.24) is 10.3 Å². The molecule has 0 spiro atoms. The highest BCUT2D eigenvalue weighted by atomic mass is 16.4. The summed E-state index contributed by atoms with van der Waals surface area (Å²) in [5.74, 6) is -0.953. The molecule has 0 bridgehead atoms. The molecule has 1 atom stereocenters. The van der Waals surface area contributed by atoms with Gasteiger partial charge in [-0.3, -0.25) is 4.98 Å². The summed E-state index contributed by atoms with van der Waals surface area (Å²) in [5.41, 5.74) is 3.55. The zero-order valence-corrected chi connectivity index (χ0v) is 11.6.